The van der Waals surface area contributed by atoms with Crippen molar-refractivity contribution >= 4 is 87.1 Å². The Labute approximate surface area is 303 Å². The summed E-state index contributed by atoms with van der Waals surface area (Å²) in [6.07, 6.45) is 0. The van der Waals surface area contributed by atoms with E-state index in [1.54, 1.807) is 0 Å². The third-order valence-corrected chi connectivity index (χ3v) is 11.8. The van der Waals surface area contributed by atoms with Gasteiger partial charge >= 0.3 is 0 Å². The zero-order chi connectivity index (χ0) is 34.4. The van der Waals surface area contributed by atoms with Gasteiger partial charge in [-0.3, -0.25) is 0 Å². The fraction of sp³-hybridized carbons (Fsp3) is 0. The zero-order valence-electron chi connectivity index (χ0n) is 28.5. The van der Waals surface area contributed by atoms with Crippen molar-refractivity contribution in [2.24, 2.45) is 0 Å². The van der Waals surface area contributed by atoms with Gasteiger partial charge in [0.1, 0.15) is 11.2 Å². The number of aromatic nitrogens is 2. The van der Waals surface area contributed by atoms with Crippen LogP contribution in [0, 0.1) is 0 Å². The molecule has 3 heteroatoms. The molecule has 0 amide bonds. The number of para-hydroxylation sites is 2. The first kappa shape index (κ1) is 27.6. The molecule has 53 heavy (non-hydrogen) atoms. The summed E-state index contributed by atoms with van der Waals surface area (Å²) in [5, 5.41) is 12.2. The fourth-order valence-electron chi connectivity index (χ4n) is 9.68. The lowest BCUT2D eigenvalue weighted by atomic mass is 10.0. The summed E-state index contributed by atoms with van der Waals surface area (Å²) in [4.78, 5) is 0. The van der Waals surface area contributed by atoms with Crippen molar-refractivity contribution < 1.29 is 4.42 Å². The van der Waals surface area contributed by atoms with Crippen LogP contribution in [0.3, 0.4) is 0 Å². The number of furan rings is 1. The second kappa shape index (κ2) is 9.81. The molecule has 0 spiro atoms. The molecule has 0 aliphatic heterocycles. The smallest absolute Gasteiger partial charge is 0.136 e. The van der Waals surface area contributed by atoms with E-state index in [-0.39, 0.29) is 0 Å². The Morgan fingerprint density at radius 3 is 1.94 bits per heavy atom. The van der Waals surface area contributed by atoms with Gasteiger partial charge in [0.2, 0.25) is 0 Å². The molecule has 9 aromatic carbocycles. The van der Waals surface area contributed by atoms with Gasteiger partial charge in [0, 0.05) is 43.4 Å². The van der Waals surface area contributed by atoms with E-state index in [2.05, 4.69) is 179 Å². The number of hydrogen-bond acceptors (Lipinski definition) is 1. The predicted molar refractivity (Wildman–Crippen MR) is 222 cm³/mol. The summed E-state index contributed by atoms with van der Waals surface area (Å²) in [7, 11) is 0. The number of nitrogens with zero attached hydrogens (tertiary/aromatic N) is 2. The Morgan fingerprint density at radius 1 is 0.340 bits per heavy atom. The first-order chi connectivity index (χ1) is 26.3. The van der Waals surface area contributed by atoms with E-state index in [1.165, 1.54) is 87.6 Å². The Hall–Kier alpha value is -7.10. The van der Waals surface area contributed by atoms with Crippen molar-refractivity contribution in [2.45, 2.75) is 0 Å². The maximum Gasteiger partial charge on any atom is 0.136 e. The average molecular weight is 673 g/mol. The standard InChI is InChI=1S/C50H28N2O/c1-2-11-30-28-31(21-20-29(30)10-1)51-41-18-7-5-14-34(41)37-22-23-40-47-43(26-27-45-48(47)39-15-6-8-19-44(39)53-45)52(50(40)49(37)51)42-25-24-36-33-13-4-3-12-32(33)35-16-9-17-38(42)46(35)36/h1-28H. The van der Waals surface area contributed by atoms with Crippen LogP contribution in [0.25, 0.3) is 121 Å². The van der Waals surface area contributed by atoms with Gasteiger partial charge in [-0.05, 0) is 80.9 Å². The van der Waals surface area contributed by atoms with Crippen molar-refractivity contribution in [3.05, 3.63) is 170 Å². The molecule has 1 aliphatic rings. The third-order valence-electron chi connectivity index (χ3n) is 11.8. The van der Waals surface area contributed by atoms with E-state index in [4.69, 9.17) is 4.42 Å². The van der Waals surface area contributed by atoms with E-state index < -0.39 is 0 Å². The molecule has 0 saturated heterocycles. The quantitative estimate of drug-likeness (QED) is 0.179. The molecular weight excluding hydrogens is 645 g/mol. The SMILES string of the molecule is c1ccc2c(c1)-c1cccc3c(-n4c5ccc6oc7ccccc7c6c5c5ccc6c7ccccc7n(-c7ccc8ccccc8c7)c6c54)ccc-2c13. The van der Waals surface area contributed by atoms with Crippen LogP contribution in [-0.2, 0) is 0 Å². The Morgan fingerprint density at radius 2 is 1.04 bits per heavy atom. The molecule has 1 aliphatic carbocycles. The maximum absolute atomic E-state index is 6.53. The van der Waals surface area contributed by atoms with Crippen LogP contribution in [0.2, 0.25) is 0 Å². The van der Waals surface area contributed by atoms with Gasteiger partial charge < -0.3 is 13.6 Å². The van der Waals surface area contributed by atoms with Crippen molar-refractivity contribution in [1.29, 1.82) is 0 Å². The molecule has 244 valence electrons. The number of benzene rings is 9. The lowest BCUT2D eigenvalue weighted by molar-refractivity contribution is 0.669. The minimum atomic E-state index is 0.906. The highest BCUT2D eigenvalue weighted by Gasteiger charge is 2.27. The minimum absolute atomic E-state index is 0.906. The highest BCUT2D eigenvalue weighted by molar-refractivity contribution is 6.32. The second-order valence-corrected chi connectivity index (χ2v) is 14.4. The van der Waals surface area contributed by atoms with Gasteiger partial charge in [-0.15, -0.1) is 0 Å². The molecule has 3 nitrogen and oxygen atoms in total. The first-order valence-electron chi connectivity index (χ1n) is 18.3. The molecule has 13 rings (SSSR count). The number of hydrogen-bond donors (Lipinski definition) is 0. The molecule has 0 saturated carbocycles. The van der Waals surface area contributed by atoms with Crippen LogP contribution < -0.4 is 0 Å². The monoisotopic (exact) mass is 672 g/mol. The molecule has 0 unspecified atom stereocenters. The number of rotatable bonds is 2. The zero-order valence-corrected chi connectivity index (χ0v) is 28.5. The highest BCUT2D eigenvalue weighted by Crippen LogP contribution is 2.51. The van der Waals surface area contributed by atoms with E-state index >= 15 is 0 Å². The Balaban J connectivity index is 1.28. The highest BCUT2D eigenvalue weighted by atomic mass is 16.3. The summed E-state index contributed by atoms with van der Waals surface area (Å²) in [6, 6.07) is 62.3. The predicted octanol–water partition coefficient (Wildman–Crippen LogP) is 13.7. The van der Waals surface area contributed by atoms with Gasteiger partial charge in [-0.2, -0.15) is 0 Å². The second-order valence-electron chi connectivity index (χ2n) is 14.4. The summed E-state index contributed by atoms with van der Waals surface area (Å²) < 4.78 is 11.6. The Bertz CT molecular complexity index is 3540. The summed E-state index contributed by atoms with van der Waals surface area (Å²) in [6.45, 7) is 0. The average Bonchev–Trinajstić information content (AvgIpc) is 3.95. The summed E-state index contributed by atoms with van der Waals surface area (Å²) in [5.74, 6) is 0. The van der Waals surface area contributed by atoms with Crippen molar-refractivity contribution in [2.75, 3.05) is 0 Å². The largest absolute Gasteiger partial charge is 0.456 e. The van der Waals surface area contributed by atoms with Gasteiger partial charge in [-0.25, -0.2) is 0 Å². The third kappa shape index (κ3) is 3.44. The maximum atomic E-state index is 6.53. The molecule has 3 aromatic heterocycles. The van der Waals surface area contributed by atoms with Gasteiger partial charge in [0.05, 0.1) is 27.8 Å². The van der Waals surface area contributed by atoms with Gasteiger partial charge in [0.25, 0.3) is 0 Å². The van der Waals surface area contributed by atoms with E-state index in [1.807, 2.05) is 0 Å². The van der Waals surface area contributed by atoms with Crippen molar-refractivity contribution in [1.82, 2.24) is 9.13 Å². The van der Waals surface area contributed by atoms with E-state index in [9.17, 15) is 0 Å². The van der Waals surface area contributed by atoms with Crippen molar-refractivity contribution in [3.63, 3.8) is 0 Å². The fourth-order valence-corrected chi connectivity index (χ4v) is 9.68. The van der Waals surface area contributed by atoms with Gasteiger partial charge in [0.15, 0.2) is 0 Å². The van der Waals surface area contributed by atoms with E-state index in [0.717, 1.165) is 33.1 Å². The van der Waals surface area contributed by atoms with Crippen LogP contribution in [0.1, 0.15) is 0 Å². The van der Waals surface area contributed by atoms with Crippen LogP contribution in [0.5, 0.6) is 0 Å². The summed E-state index contributed by atoms with van der Waals surface area (Å²) in [5.41, 5.74) is 14.1. The molecule has 3 heterocycles. The van der Waals surface area contributed by atoms with Gasteiger partial charge in [-0.1, -0.05) is 127 Å². The molecule has 0 N–H and O–H groups in total. The molecule has 12 aromatic rings. The van der Waals surface area contributed by atoms with Crippen molar-refractivity contribution in [3.8, 4) is 33.6 Å². The van der Waals surface area contributed by atoms with Crippen LogP contribution in [-0.4, -0.2) is 9.13 Å². The lowest BCUT2D eigenvalue weighted by Gasteiger charge is -2.15. The lowest BCUT2D eigenvalue weighted by Crippen LogP contribution is -1.99. The van der Waals surface area contributed by atoms with Crippen LogP contribution >= 0.6 is 0 Å². The van der Waals surface area contributed by atoms with Crippen LogP contribution in [0.15, 0.2) is 174 Å². The molecule has 0 fully saturated rings. The first-order valence-corrected chi connectivity index (χ1v) is 18.3. The molecule has 0 bridgehead atoms. The molecular formula is C50H28N2O. The topological polar surface area (TPSA) is 23.0 Å². The van der Waals surface area contributed by atoms with E-state index in [0.29, 0.717) is 0 Å². The number of fused-ring (bicyclic) bond motifs is 15. The Kier molecular flexibility index (Phi) is 5.11. The molecule has 0 atom stereocenters. The summed E-state index contributed by atoms with van der Waals surface area (Å²) >= 11 is 0. The minimum Gasteiger partial charge on any atom is -0.456 e. The molecule has 0 radical (unpaired) electrons. The normalized spacial score (nSPS) is 12.5. The van der Waals surface area contributed by atoms with Crippen LogP contribution in [0.4, 0.5) is 0 Å².